The number of benzene rings is 1. The number of pyridine rings is 1. The number of anilines is 2. The molecule has 7 heteroatoms. The van der Waals surface area contributed by atoms with Gasteiger partial charge in [-0.2, -0.15) is 0 Å². The molecule has 2 aromatic heterocycles. The molecule has 0 saturated carbocycles. The Balaban J connectivity index is 1.21. The lowest BCUT2D eigenvalue weighted by Crippen LogP contribution is -2.49. The van der Waals surface area contributed by atoms with Crippen LogP contribution < -0.4 is 9.80 Å². The quantitative estimate of drug-likeness (QED) is 0.671. The van der Waals surface area contributed by atoms with Crippen LogP contribution in [-0.4, -0.2) is 65.3 Å². The van der Waals surface area contributed by atoms with Crippen LogP contribution in [0.1, 0.15) is 29.8 Å². The number of amides is 1. The fourth-order valence-electron chi connectivity index (χ4n) is 4.26. The van der Waals surface area contributed by atoms with E-state index in [0.717, 1.165) is 48.7 Å². The molecule has 0 bridgehead atoms. The first kappa shape index (κ1) is 18.8. The molecule has 0 atom stereocenters. The molecule has 0 N–H and O–H groups in total. The topological polar surface area (TPSA) is 65.5 Å². The van der Waals surface area contributed by atoms with Crippen LogP contribution in [0.15, 0.2) is 48.5 Å². The van der Waals surface area contributed by atoms with Crippen molar-refractivity contribution in [3.8, 4) is 0 Å². The Kier molecular flexibility index (Phi) is 5.17. The highest BCUT2D eigenvalue weighted by Crippen LogP contribution is 2.20. The van der Waals surface area contributed by atoms with Crippen molar-refractivity contribution in [1.29, 1.82) is 0 Å². The number of carbonyl (C=O) groups excluding carboxylic acids is 1. The van der Waals surface area contributed by atoms with Gasteiger partial charge in [0.2, 0.25) is 0 Å². The Bertz CT molecular complexity index is 1020. The number of carbonyl (C=O) groups is 1. The third-order valence-electron chi connectivity index (χ3n) is 6.02. The Hall–Kier alpha value is -3.22. The number of hydrogen-bond acceptors (Lipinski definition) is 6. The lowest BCUT2D eigenvalue weighted by molar-refractivity contribution is 0.0741. The Morgan fingerprint density at radius 2 is 1.37 bits per heavy atom. The first-order chi connectivity index (χ1) is 14.8. The first-order valence-electron chi connectivity index (χ1n) is 10.8. The molecular weight excluding hydrogens is 376 g/mol. The summed E-state index contributed by atoms with van der Waals surface area (Å²) < 4.78 is 0. The minimum Gasteiger partial charge on any atom is -0.355 e. The SMILES string of the molecule is O=C(c1ccc2ccccc2n1)N1CCN(c2ccc(N3CCCCC3)nn2)CC1. The summed E-state index contributed by atoms with van der Waals surface area (Å²) in [6.07, 6.45) is 3.76. The summed E-state index contributed by atoms with van der Waals surface area (Å²) in [6.45, 7) is 4.94. The zero-order valence-electron chi connectivity index (χ0n) is 17.1. The van der Waals surface area contributed by atoms with Crippen molar-refractivity contribution in [2.75, 3.05) is 49.1 Å². The number of aromatic nitrogens is 3. The molecule has 2 fully saturated rings. The molecule has 1 aromatic carbocycles. The van der Waals surface area contributed by atoms with E-state index in [4.69, 9.17) is 0 Å². The van der Waals surface area contributed by atoms with Crippen molar-refractivity contribution in [1.82, 2.24) is 20.1 Å². The lowest BCUT2D eigenvalue weighted by Gasteiger charge is -2.35. The summed E-state index contributed by atoms with van der Waals surface area (Å²) in [5.74, 6) is 1.84. The van der Waals surface area contributed by atoms with Crippen molar-refractivity contribution in [2.24, 2.45) is 0 Å². The van der Waals surface area contributed by atoms with E-state index in [1.807, 2.05) is 41.3 Å². The van der Waals surface area contributed by atoms with Crippen molar-refractivity contribution in [2.45, 2.75) is 19.3 Å². The Morgan fingerprint density at radius 3 is 2.07 bits per heavy atom. The van der Waals surface area contributed by atoms with Gasteiger partial charge in [0, 0.05) is 44.7 Å². The van der Waals surface area contributed by atoms with Crippen molar-refractivity contribution in [3.63, 3.8) is 0 Å². The molecule has 0 spiro atoms. The number of para-hydroxylation sites is 1. The number of piperidine rings is 1. The van der Waals surface area contributed by atoms with Gasteiger partial charge >= 0.3 is 0 Å². The molecule has 2 aliphatic rings. The van der Waals surface area contributed by atoms with Gasteiger partial charge in [-0.1, -0.05) is 24.3 Å². The maximum absolute atomic E-state index is 12.9. The van der Waals surface area contributed by atoms with Gasteiger partial charge in [0.1, 0.15) is 5.69 Å². The maximum Gasteiger partial charge on any atom is 0.272 e. The fourth-order valence-corrected chi connectivity index (χ4v) is 4.26. The van der Waals surface area contributed by atoms with Crippen LogP contribution in [0.4, 0.5) is 11.6 Å². The summed E-state index contributed by atoms with van der Waals surface area (Å²) in [6, 6.07) is 15.8. The predicted octanol–water partition coefficient (Wildman–Crippen LogP) is 2.98. The number of fused-ring (bicyclic) bond motifs is 1. The van der Waals surface area contributed by atoms with E-state index in [0.29, 0.717) is 18.8 Å². The van der Waals surface area contributed by atoms with E-state index in [1.165, 1.54) is 19.3 Å². The lowest BCUT2D eigenvalue weighted by atomic mass is 10.1. The van der Waals surface area contributed by atoms with E-state index in [9.17, 15) is 4.79 Å². The minimum atomic E-state index is -0.00747. The standard InChI is InChI=1S/C23H26N6O/c30-23(20-9-8-18-6-2-3-7-19(18)24-20)29-16-14-28(15-17-29)22-11-10-21(25-26-22)27-12-4-1-5-13-27/h2-3,6-11H,1,4-5,12-17H2. The van der Waals surface area contributed by atoms with Gasteiger partial charge in [0.25, 0.3) is 5.91 Å². The smallest absolute Gasteiger partial charge is 0.272 e. The van der Waals surface area contributed by atoms with E-state index >= 15 is 0 Å². The zero-order valence-corrected chi connectivity index (χ0v) is 17.1. The van der Waals surface area contributed by atoms with Crippen LogP contribution in [0.2, 0.25) is 0 Å². The largest absolute Gasteiger partial charge is 0.355 e. The van der Waals surface area contributed by atoms with Crippen LogP contribution in [-0.2, 0) is 0 Å². The van der Waals surface area contributed by atoms with Gasteiger partial charge in [-0.25, -0.2) is 4.98 Å². The normalized spacial score (nSPS) is 17.4. The van der Waals surface area contributed by atoms with Crippen LogP contribution in [0.5, 0.6) is 0 Å². The second-order valence-electron chi connectivity index (χ2n) is 7.97. The van der Waals surface area contributed by atoms with Crippen LogP contribution >= 0.6 is 0 Å². The monoisotopic (exact) mass is 402 g/mol. The van der Waals surface area contributed by atoms with Crippen LogP contribution in [0.3, 0.4) is 0 Å². The fraction of sp³-hybridized carbons (Fsp3) is 0.391. The average molecular weight is 403 g/mol. The Morgan fingerprint density at radius 1 is 0.700 bits per heavy atom. The van der Waals surface area contributed by atoms with Crippen LogP contribution in [0.25, 0.3) is 10.9 Å². The maximum atomic E-state index is 12.9. The number of rotatable bonds is 3. The second kappa shape index (κ2) is 8.26. The number of hydrogen-bond donors (Lipinski definition) is 0. The van der Waals surface area contributed by atoms with E-state index in [1.54, 1.807) is 0 Å². The van der Waals surface area contributed by atoms with E-state index in [2.05, 4.69) is 37.1 Å². The molecule has 2 aliphatic heterocycles. The van der Waals surface area contributed by atoms with Gasteiger partial charge in [0.15, 0.2) is 11.6 Å². The van der Waals surface area contributed by atoms with Gasteiger partial charge < -0.3 is 14.7 Å². The molecule has 5 rings (SSSR count). The summed E-state index contributed by atoms with van der Waals surface area (Å²) in [5, 5.41) is 9.96. The summed E-state index contributed by atoms with van der Waals surface area (Å²) >= 11 is 0. The van der Waals surface area contributed by atoms with Crippen molar-refractivity contribution < 1.29 is 4.79 Å². The molecule has 0 aliphatic carbocycles. The average Bonchev–Trinajstić information content (AvgIpc) is 2.84. The molecule has 1 amide bonds. The second-order valence-corrected chi connectivity index (χ2v) is 7.97. The predicted molar refractivity (Wildman–Crippen MR) is 118 cm³/mol. The first-order valence-corrected chi connectivity index (χ1v) is 10.8. The van der Waals surface area contributed by atoms with Crippen LogP contribution in [0, 0.1) is 0 Å². The molecule has 0 unspecified atom stereocenters. The van der Waals surface area contributed by atoms with Crippen molar-refractivity contribution in [3.05, 3.63) is 54.2 Å². The van der Waals surface area contributed by atoms with Gasteiger partial charge in [-0.3, -0.25) is 4.79 Å². The highest BCUT2D eigenvalue weighted by atomic mass is 16.2. The summed E-state index contributed by atoms with van der Waals surface area (Å²) in [4.78, 5) is 23.9. The molecule has 2 saturated heterocycles. The van der Waals surface area contributed by atoms with Gasteiger partial charge in [-0.15, -0.1) is 10.2 Å². The molecule has 30 heavy (non-hydrogen) atoms. The summed E-state index contributed by atoms with van der Waals surface area (Å²) in [5.41, 5.74) is 1.36. The molecule has 154 valence electrons. The summed E-state index contributed by atoms with van der Waals surface area (Å²) in [7, 11) is 0. The Labute approximate surface area is 176 Å². The molecular formula is C23H26N6O. The third-order valence-corrected chi connectivity index (χ3v) is 6.02. The highest BCUT2D eigenvalue weighted by molar-refractivity contribution is 5.95. The molecule has 0 radical (unpaired) electrons. The third kappa shape index (κ3) is 3.79. The molecule has 4 heterocycles. The highest BCUT2D eigenvalue weighted by Gasteiger charge is 2.24. The zero-order chi connectivity index (χ0) is 20.3. The molecule has 7 nitrogen and oxygen atoms in total. The van der Waals surface area contributed by atoms with E-state index < -0.39 is 0 Å². The number of piperazine rings is 1. The van der Waals surface area contributed by atoms with Gasteiger partial charge in [-0.05, 0) is 43.5 Å². The molecule has 3 aromatic rings. The van der Waals surface area contributed by atoms with Crippen molar-refractivity contribution >= 4 is 28.4 Å². The number of nitrogens with zero attached hydrogens (tertiary/aromatic N) is 6. The minimum absolute atomic E-state index is 0.00747. The van der Waals surface area contributed by atoms with Gasteiger partial charge in [0.05, 0.1) is 5.52 Å². The van der Waals surface area contributed by atoms with E-state index in [-0.39, 0.29) is 5.91 Å².